The average molecular weight is 401 g/mol. The topological polar surface area (TPSA) is 42.0 Å². The van der Waals surface area contributed by atoms with Crippen LogP contribution in [0.15, 0.2) is 47.8 Å². The van der Waals surface area contributed by atoms with Gasteiger partial charge in [0.2, 0.25) is 0 Å². The molecule has 28 heavy (non-hydrogen) atoms. The second kappa shape index (κ2) is 7.50. The van der Waals surface area contributed by atoms with Crippen LogP contribution in [0.3, 0.4) is 0 Å². The van der Waals surface area contributed by atoms with Gasteiger partial charge in [0.15, 0.2) is 5.72 Å². The SMILES string of the molecule is CC(C)(C)OC(=O)N1N(Cc2ccccc2)C(c2cccs2)CC12CCCO2. The molecule has 2 unspecified atom stereocenters. The van der Waals surface area contributed by atoms with Crippen molar-refractivity contribution in [1.82, 2.24) is 10.0 Å². The summed E-state index contributed by atoms with van der Waals surface area (Å²) in [6.07, 6.45) is 2.22. The molecule has 2 fully saturated rings. The number of hydrogen-bond donors (Lipinski definition) is 0. The minimum absolute atomic E-state index is 0.0887. The fourth-order valence-corrected chi connectivity index (χ4v) is 4.97. The molecule has 2 saturated heterocycles. The van der Waals surface area contributed by atoms with Gasteiger partial charge in [0.25, 0.3) is 0 Å². The molecule has 4 rings (SSSR count). The molecule has 0 radical (unpaired) electrons. The predicted octanol–water partition coefficient (Wildman–Crippen LogP) is 5.35. The maximum Gasteiger partial charge on any atom is 0.427 e. The Morgan fingerprint density at radius 3 is 2.64 bits per heavy atom. The van der Waals surface area contributed by atoms with Gasteiger partial charge in [-0.15, -0.1) is 11.3 Å². The first kappa shape index (κ1) is 19.4. The van der Waals surface area contributed by atoms with E-state index in [-0.39, 0.29) is 12.1 Å². The van der Waals surface area contributed by atoms with Gasteiger partial charge < -0.3 is 9.47 Å². The molecule has 6 heteroatoms. The lowest BCUT2D eigenvalue weighted by Crippen LogP contribution is -2.54. The highest BCUT2D eigenvalue weighted by Crippen LogP contribution is 2.50. The third kappa shape index (κ3) is 3.81. The second-order valence-corrected chi connectivity index (χ2v) is 9.49. The molecule has 5 nitrogen and oxygen atoms in total. The number of thiophene rings is 1. The highest BCUT2D eigenvalue weighted by molar-refractivity contribution is 7.10. The number of hydrazine groups is 1. The van der Waals surface area contributed by atoms with Crippen molar-refractivity contribution in [2.75, 3.05) is 6.61 Å². The van der Waals surface area contributed by atoms with Gasteiger partial charge in [0, 0.05) is 24.4 Å². The summed E-state index contributed by atoms with van der Waals surface area (Å²) >= 11 is 1.73. The Hall–Kier alpha value is -1.89. The van der Waals surface area contributed by atoms with E-state index < -0.39 is 11.3 Å². The number of carbonyl (C=O) groups is 1. The first-order valence-corrected chi connectivity index (χ1v) is 10.8. The minimum Gasteiger partial charge on any atom is -0.443 e. The fourth-order valence-electron chi connectivity index (χ4n) is 4.13. The van der Waals surface area contributed by atoms with Crippen molar-refractivity contribution in [1.29, 1.82) is 0 Å². The van der Waals surface area contributed by atoms with Crippen LogP contribution < -0.4 is 0 Å². The summed E-state index contributed by atoms with van der Waals surface area (Å²) in [6.45, 7) is 7.02. The lowest BCUT2D eigenvalue weighted by atomic mass is 10.0. The number of hydrogen-bond acceptors (Lipinski definition) is 5. The molecule has 2 aromatic rings. The Labute approximate surface area is 170 Å². The fraction of sp³-hybridized carbons (Fsp3) is 0.500. The van der Waals surface area contributed by atoms with Crippen LogP contribution in [0.4, 0.5) is 4.79 Å². The van der Waals surface area contributed by atoms with Crippen LogP contribution in [0, 0.1) is 0 Å². The zero-order valence-corrected chi connectivity index (χ0v) is 17.6. The summed E-state index contributed by atoms with van der Waals surface area (Å²) in [5.74, 6) is 0. The van der Waals surface area contributed by atoms with Crippen LogP contribution in [0.2, 0.25) is 0 Å². The van der Waals surface area contributed by atoms with Crippen molar-refractivity contribution in [2.45, 2.75) is 63.9 Å². The van der Waals surface area contributed by atoms with Crippen LogP contribution in [0.25, 0.3) is 0 Å². The lowest BCUT2D eigenvalue weighted by molar-refractivity contribution is -0.163. The normalized spacial score (nSPS) is 25.5. The number of carbonyl (C=O) groups excluding carboxylic acids is 1. The van der Waals surface area contributed by atoms with E-state index in [4.69, 9.17) is 9.47 Å². The van der Waals surface area contributed by atoms with Crippen molar-refractivity contribution in [3.8, 4) is 0 Å². The van der Waals surface area contributed by atoms with Crippen molar-refractivity contribution < 1.29 is 14.3 Å². The van der Waals surface area contributed by atoms with Gasteiger partial charge in [-0.1, -0.05) is 36.4 Å². The highest BCUT2D eigenvalue weighted by atomic mass is 32.1. The second-order valence-electron chi connectivity index (χ2n) is 8.51. The van der Waals surface area contributed by atoms with Gasteiger partial charge in [-0.05, 0) is 50.6 Å². The van der Waals surface area contributed by atoms with Crippen molar-refractivity contribution in [3.05, 3.63) is 58.3 Å². The van der Waals surface area contributed by atoms with E-state index in [1.807, 2.05) is 39.0 Å². The average Bonchev–Trinajstić information content (AvgIpc) is 3.36. The molecule has 0 aliphatic carbocycles. The number of benzene rings is 1. The Morgan fingerprint density at radius 1 is 1.25 bits per heavy atom. The smallest absolute Gasteiger partial charge is 0.427 e. The van der Waals surface area contributed by atoms with Crippen molar-refractivity contribution in [2.24, 2.45) is 0 Å². The zero-order chi connectivity index (χ0) is 19.8. The van der Waals surface area contributed by atoms with E-state index in [1.54, 1.807) is 16.3 Å². The number of nitrogens with zero attached hydrogens (tertiary/aromatic N) is 2. The van der Waals surface area contributed by atoms with Gasteiger partial charge in [0.05, 0.1) is 6.04 Å². The summed E-state index contributed by atoms with van der Waals surface area (Å²) in [7, 11) is 0. The van der Waals surface area contributed by atoms with Gasteiger partial charge in [-0.25, -0.2) is 14.8 Å². The van der Waals surface area contributed by atoms with Crippen LogP contribution in [0.5, 0.6) is 0 Å². The molecule has 2 aliphatic heterocycles. The molecular weight excluding hydrogens is 372 g/mol. The first-order chi connectivity index (χ1) is 13.4. The molecule has 2 aliphatic rings. The molecule has 1 spiro atoms. The maximum absolute atomic E-state index is 13.3. The van der Waals surface area contributed by atoms with Crippen LogP contribution in [0.1, 0.15) is 56.5 Å². The van der Waals surface area contributed by atoms with E-state index in [9.17, 15) is 4.79 Å². The highest BCUT2D eigenvalue weighted by Gasteiger charge is 2.57. The van der Waals surface area contributed by atoms with Gasteiger partial charge in [-0.3, -0.25) is 0 Å². The number of ether oxygens (including phenoxy) is 2. The quantitative estimate of drug-likeness (QED) is 0.696. The van der Waals surface area contributed by atoms with Crippen molar-refractivity contribution in [3.63, 3.8) is 0 Å². The molecule has 2 atom stereocenters. The predicted molar refractivity (Wildman–Crippen MR) is 110 cm³/mol. The zero-order valence-electron chi connectivity index (χ0n) is 16.8. The van der Waals surface area contributed by atoms with Crippen LogP contribution in [-0.2, 0) is 16.0 Å². The summed E-state index contributed by atoms with van der Waals surface area (Å²) in [4.78, 5) is 14.6. The first-order valence-electron chi connectivity index (χ1n) is 9.89. The minimum atomic E-state index is -0.619. The van der Waals surface area contributed by atoms with Crippen LogP contribution >= 0.6 is 11.3 Å². The summed E-state index contributed by atoms with van der Waals surface area (Å²) < 4.78 is 12.0. The van der Waals surface area contributed by atoms with E-state index in [0.29, 0.717) is 13.2 Å². The molecule has 0 bridgehead atoms. The van der Waals surface area contributed by atoms with Gasteiger partial charge in [-0.2, -0.15) is 0 Å². The third-order valence-corrected chi connectivity index (χ3v) is 6.20. The Kier molecular flexibility index (Phi) is 5.21. The summed E-state index contributed by atoms with van der Waals surface area (Å²) in [6, 6.07) is 14.6. The largest absolute Gasteiger partial charge is 0.443 e. The van der Waals surface area contributed by atoms with Gasteiger partial charge >= 0.3 is 6.09 Å². The van der Waals surface area contributed by atoms with Crippen LogP contribution in [-0.4, -0.2) is 34.0 Å². The van der Waals surface area contributed by atoms with Crippen molar-refractivity contribution >= 4 is 17.4 Å². The maximum atomic E-state index is 13.3. The van der Waals surface area contributed by atoms with E-state index in [0.717, 1.165) is 24.8 Å². The number of rotatable bonds is 3. The molecule has 1 aromatic heterocycles. The molecule has 1 aromatic carbocycles. The lowest BCUT2D eigenvalue weighted by Gasteiger charge is -2.39. The Bertz CT molecular complexity index is 795. The summed E-state index contributed by atoms with van der Waals surface area (Å²) in [5, 5.41) is 6.03. The molecule has 0 N–H and O–H groups in total. The molecule has 0 saturated carbocycles. The molecular formula is C22H28N2O3S. The Balaban J connectivity index is 1.73. The van der Waals surface area contributed by atoms with E-state index >= 15 is 0 Å². The summed E-state index contributed by atoms with van der Waals surface area (Å²) in [5.41, 5.74) is -0.0186. The van der Waals surface area contributed by atoms with Gasteiger partial charge in [0.1, 0.15) is 5.60 Å². The monoisotopic (exact) mass is 400 g/mol. The van der Waals surface area contributed by atoms with E-state index in [1.165, 1.54) is 4.88 Å². The Morgan fingerprint density at radius 2 is 2.04 bits per heavy atom. The molecule has 150 valence electrons. The molecule has 1 amide bonds. The molecule has 3 heterocycles. The third-order valence-electron chi connectivity index (χ3n) is 5.22. The number of amides is 1. The standard InChI is InChI=1S/C22H28N2O3S/c1-21(2,3)27-20(25)24-22(12-8-13-26-22)15-18(19-11-7-14-28-19)23(24)16-17-9-5-4-6-10-17/h4-7,9-11,14,18H,8,12-13,15-16H2,1-3H3. The van der Waals surface area contributed by atoms with E-state index in [2.05, 4.69) is 34.7 Å².